The Hall–Kier alpha value is 0.200. The summed E-state index contributed by atoms with van der Waals surface area (Å²) in [5.74, 6) is 0.549. The zero-order chi connectivity index (χ0) is 10.9. The summed E-state index contributed by atoms with van der Waals surface area (Å²) in [6, 6.07) is 0. The summed E-state index contributed by atoms with van der Waals surface area (Å²) < 4.78 is 5.83. The first-order valence-corrected chi connectivity index (χ1v) is 6.41. The fourth-order valence-electron chi connectivity index (χ4n) is 1.88. The molecule has 1 fully saturated rings. The minimum absolute atomic E-state index is 0.0337. The zero-order valence-electron chi connectivity index (χ0n) is 9.34. The molecule has 0 N–H and O–H groups in total. The van der Waals surface area contributed by atoms with Crippen LogP contribution in [0.25, 0.3) is 0 Å². The van der Waals surface area contributed by atoms with Crippen LogP contribution in [0, 0.1) is 11.3 Å². The third kappa shape index (κ3) is 2.84. The van der Waals surface area contributed by atoms with E-state index in [1.807, 2.05) is 0 Å². The Bertz CT molecular complexity index is 223. The van der Waals surface area contributed by atoms with Gasteiger partial charge < -0.3 is 4.74 Å². The van der Waals surface area contributed by atoms with Crippen LogP contribution in [0.3, 0.4) is 0 Å². The second-order valence-electron chi connectivity index (χ2n) is 5.22. The highest BCUT2D eigenvalue weighted by molar-refractivity contribution is 14.1. The first-order chi connectivity index (χ1) is 6.33. The van der Waals surface area contributed by atoms with Gasteiger partial charge in [0.25, 0.3) is 0 Å². The van der Waals surface area contributed by atoms with Gasteiger partial charge in [0.1, 0.15) is 6.10 Å². The Morgan fingerprint density at radius 1 is 1.57 bits per heavy atom. The van der Waals surface area contributed by atoms with Gasteiger partial charge in [0.05, 0.1) is 10.3 Å². The summed E-state index contributed by atoms with van der Waals surface area (Å²) in [4.78, 5) is 11.4. The molecule has 0 aliphatic carbocycles. The van der Waals surface area contributed by atoms with Crippen LogP contribution in [0.1, 0.15) is 40.5 Å². The van der Waals surface area contributed by atoms with Crippen LogP contribution in [0.15, 0.2) is 0 Å². The Morgan fingerprint density at radius 3 is 2.64 bits per heavy atom. The highest BCUT2D eigenvalue weighted by Gasteiger charge is 2.42. The monoisotopic (exact) mass is 310 g/mol. The molecule has 1 rings (SSSR count). The minimum atomic E-state index is -0.0337. The number of alkyl halides is 1. The van der Waals surface area contributed by atoms with E-state index >= 15 is 0 Å². The second-order valence-corrected chi connectivity index (χ2v) is 6.57. The Labute approximate surface area is 99.9 Å². The van der Waals surface area contributed by atoms with Crippen LogP contribution in [-0.4, -0.2) is 16.0 Å². The fraction of sp³-hybridized carbons (Fsp3) is 0.909. The van der Waals surface area contributed by atoms with Crippen molar-refractivity contribution in [1.82, 2.24) is 0 Å². The predicted molar refractivity (Wildman–Crippen MR) is 65.5 cm³/mol. The van der Waals surface area contributed by atoms with E-state index in [9.17, 15) is 4.79 Å². The number of carbonyl (C=O) groups is 1. The molecule has 1 aliphatic heterocycles. The third-order valence-electron chi connectivity index (χ3n) is 2.66. The number of hydrogen-bond acceptors (Lipinski definition) is 2. The maximum Gasteiger partial charge on any atom is 0.306 e. The summed E-state index contributed by atoms with van der Waals surface area (Å²) in [6.07, 6.45) is 1.63. The van der Waals surface area contributed by atoms with Gasteiger partial charge in [0, 0.05) is 0 Å². The molecule has 0 spiro atoms. The Balaban J connectivity index is 2.70. The molecule has 0 saturated carbocycles. The minimum Gasteiger partial charge on any atom is -0.461 e. The van der Waals surface area contributed by atoms with E-state index in [2.05, 4.69) is 50.3 Å². The molecule has 1 aliphatic rings. The lowest BCUT2D eigenvalue weighted by Gasteiger charge is -2.40. The van der Waals surface area contributed by atoms with Gasteiger partial charge in [-0.3, -0.25) is 4.79 Å². The summed E-state index contributed by atoms with van der Waals surface area (Å²) in [5.41, 5.74) is 0.0788. The molecular weight excluding hydrogens is 291 g/mol. The molecule has 0 radical (unpaired) electrons. The molecule has 2 unspecified atom stereocenters. The predicted octanol–water partition coefficient (Wildman–Crippen LogP) is 3.18. The van der Waals surface area contributed by atoms with Gasteiger partial charge in [-0.05, 0) is 17.8 Å². The lowest BCUT2D eigenvalue weighted by atomic mass is 9.80. The topological polar surface area (TPSA) is 26.3 Å². The van der Waals surface area contributed by atoms with E-state index < -0.39 is 0 Å². The van der Waals surface area contributed by atoms with Crippen LogP contribution < -0.4 is 0 Å². The van der Waals surface area contributed by atoms with Crippen LogP contribution in [0.4, 0.5) is 0 Å². The van der Waals surface area contributed by atoms with E-state index in [4.69, 9.17) is 4.74 Å². The van der Waals surface area contributed by atoms with Crippen molar-refractivity contribution in [3.05, 3.63) is 0 Å². The van der Waals surface area contributed by atoms with Crippen molar-refractivity contribution in [3.63, 3.8) is 0 Å². The van der Waals surface area contributed by atoms with E-state index in [0.717, 1.165) is 6.42 Å². The van der Waals surface area contributed by atoms with Gasteiger partial charge in [-0.2, -0.15) is 0 Å². The largest absolute Gasteiger partial charge is 0.461 e. The van der Waals surface area contributed by atoms with Gasteiger partial charge in [-0.1, -0.05) is 50.3 Å². The molecule has 0 aromatic carbocycles. The van der Waals surface area contributed by atoms with Crippen molar-refractivity contribution in [2.24, 2.45) is 11.3 Å². The standard InChI is InChI=1S/C11H19IO2/c1-7(2)5-8-10(12)11(3,4)6-9(13)14-8/h7-8,10H,5-6H2,1-4H3. The third-order valence-corrected chi connectivity index (χ3v) is 5.15. The van der Waals surface area contributed by atoms with Gasteiger partial charge >= 0.3 is 5.97 Å². The van der Waals surface area contributed by atoms with Crippen LogP contribution in [0.5, 0.6) is 0 Å². The van der Waals surface area contributed by atoms with E-state index in [1.165, 1.54) is 0 Å². The van der Waals surface area contributed by atoms with E-state index in [-0.39, 0.29) is 17.5 Å². The summed E-state index contributed by atoms with van der Waals surface area (Å²) in [7, 11) is 0. The van der Waals surface area contributed by atoms with Gasteiger partial charge in [0.15, 0.2) is 0 Å². The highest BCUT2D eigenvalue weighted by Crippen LogP contribution is 2.40. The maximum atomic E-state index is 11.4. The molecule has 0 aromatic heterocycles. The van der Waals surface area contributed by atoms with Crippen molar-refractivity contribution in [2.75, 3.05) is 0 Å². The highest BCUT2D eigenvalue weighted by atomic mass is 127. The summed E-state index contributed by atoms with van der Waals surface area (Å²) in [5, 5.41) is 0. The Morgan fingerprint density at radius 2 is 2.14 bits per heavy atom. The SMILES string of the molecule is CC(C)CC1OC(=O)CC(C)(C)C1I. The van der Waals surface area contributed by atoms with Crippen LogP contribution in [0.2, 0.25) is 0 Å². The smallest absolute Gasteiger partial charge is 0.306 e. The van der Waals surface area contributed by atoms with E-state index in [1.54, 1.807) is 0 Å². The zero-order valence-corrected chi connectivity index (χ0v) is 11.5. The summed E-state index contributed by atoms with van der Waals surface area (Å²) in [6.45, 7) is 8.63. The lowest BCUT2D eigenvalue weighted by molar-refractivity contribution is -0.159. The lowest BCUT2D eigenvalue weighted by Crippen LogP contribution is -2.45. The molecule has 1 heterocycles. The van der Waals surface area contributed by atoms with E-state index in [0.29, 0.717) is 16.3 Å². The number of cyclic esters (lactones) is 1. The average molecular weight is 310 g/mol. The average Bonchev–Trinajstić information content (AvgIpc) is 1.97. The van der Waals surface area contributed by atoms with Crippen molar-refractivity contribution in [1.29, 1.82) is 0 Å². The Kier molecular flexibility index (Phi) is 3.83. The number of ether oxygens (including phenoxy) is 1. The molecule has 0 bridgehead atoms. The molecular formula is C11H19IO2. The van der Waals surface area contributed by atoms with Crippen molar-refractivity contribution in [2.45, 2.75) is 50.6 Å². The molecule has 0 aromatic rings. The molecule has 1 saturated heterocycles. The van der Waals surface area contributed by atoms with Crippen LogP contribution in [-0.2, 0) is 9.53 Å². The van der Waals surface area contributed by atoms with Crippen molar-refractivity contribution >= 4 is 28.6 Å². The molecule has 2 atom stereocenters. The number of hydrogen-bond donors (Lipinski definition) is 0. The molecule has 2 nitrogen and oxygen atoms in total. The first-order valence-electron chi connectivity index (χ1n) is 5.16. The number of halogens is 1. The number of carbonyl (C=O) groups excluding carboxylic acids is 1. The van der Waals surface area contributed by atoms with Gasteiger partial charge in [-0.25, -0.2) is 0 Å². The molecule has 82 valence electrons. The number of esters is 1. The maximum absolute atomic E-state index is 11.4. The quantitative estimate of drug-likeness (QED) is 0.445. The van der Waals surface area contributed by atoms with Crippen LogP contribution >= 0.6 is 22.6 Å². The second kappa shape index (κ2) is 4.37. The van der Waals surface area contributed by atoms with Crippen molar-refractivity contribution in [3.8, 4) is 0 Å². The van der Waals surface area contributed by atoms with Gasteiger partial charge in [0.2, 0.25) is 0 Å². The molecule has 0 amide bonds. The normalized spacial score (nSPS) is 31.7. The van der Waals surface area contributed by atoms with Crippen molar-refractivity contribution < 1.29 is 9.53 Å². The first kappa shape index (κ1) is 12.3. The fourth-order valence-corrected chi connectivity index (χ4v) is 2.54. The summed E-state index contributed by atoms with van der Waals surface area (Å²) >= 11 is 2.43. The van der Waals surface area contributed by atoms with Gasteiger partial charge in [-0.15, -0.1) is 0 Å². The molecule has 3 heteroatoms. The molecule has 14 heavy (non-hydrogen) atoms. The number of rotatable bonds is 2.